The number of fused-ring (bicyclic) bond motifs is 1. The fourth-order valence-corrected chi connectivity index (χ4v) is 4.60. The quantitative estimate of drug-likeness (QED) is 0.709. The Morgan fingerprint density at radius 1 is 1.14 bits per heavy atom. The maximum absolute atomic E-state index is 13.4. The number of ketones is 1. The predicted octanol–water partition coefficient (Wildman–Crippen LogP) is 3.17. The van der Waals surface area contributed by atoms with Gasteiger partial charge in [-0.1, -0.05) is 0 Å². The highest BCUT2D eigenvalue weighted by atomic mass is 19.1. The first-order valence-electron chi connectivity index (χ1n) is 9.95. The van der Waals surface area contributed by atoms with Gasteiger partial charge < -0.3 is 5.32 Å². The molecule has 2 aliphatic heterocycles. The van der Waals surface area contributed by atoms with Crippen LogP contribution in [0.5, 0.6) is 0 Å². The summed E-state index contributed by atoms with van der Waals surface area (Å²) < 4.78 is 15.2. The number of carbonyl (C=O) groups is 1. The van der Waals surface area contributed by atoms with Crippen molar-refractivity contribution in [3.05, 3.63) is 60.0 Å². The lowest BCUT2D eigenvalue weighted by Gasteiger charge is -2.29. The lowest BCUT2D eigenvalue weighted by molar-refractivity contribution is 0.0826. The summed E-state index contributed by atoms with van der Waals surface area (Å²) in [6, 6.07) is 12.7. The molecule has 2 aromatic carbocycles. The molecule has 0 bridgehead atoms. The number of rotatable bonds is 4. The van der Waals surface area contributed by atoms with Crippen LogP contribution in [0.4, 0.5) is 4.39 Å². The third-order valence-electron chi connectivity index (χ3n) is 6.03. The number of nitrogens with zero attached hydrogens (tertiary/aromatic N) is 3. The fourth-order valence-electron chi connectivity index (χ4n) is 4.60. The number of likely N-dealkylation sites (tertiary alicyclic amines) is 1. The van der Waals surface area contributed by atoms with Gasteiger partial charge in [-0.15, -0.1) is 0 Å². The van der Waals surface area contributed by atoms with Crippen LogP contribution in [-0.4, -0.2) is 52.2 Å². The van der Waals surface area contributed by atoms with Gasteiger partial charge in [0, 0.05) is 23.5 Å². The molecule has 2 fully saturated rings. The van der Waals surface area contributed by atoms with E-state index in [-0.39, 0.29) is 17.6 Å². The van der Waals surface area contributed by atoms with E-state index in [0.717, 1.165) is 61.1 Å². The normalized spacial score (nSPS) is 22.9. The molecule has 2 saturated heterocycles. The van der Waals surface area contributed by atoms with E-state index < -0.39 is 0 Å². The van der Waals surface area contributed by atoms with E-state index in [2.05, 4.69) is 15.3 Å². The van der Waals surface area contributed by atoms with Gasteiger partial charge in [-0.3, -0.25) is 9.69 Å². The summed E-state index contributed by atoms with van der Waals surface area (Å²) in [5, 5.41) is 8.53. The fraction of sp³-hybridized carbons (Fsp3) is 0.364. The molecule has 1 aromatic heterocycles. The molecule has 5 nitrogen and oxygen atoms in total. The summed E-state index contributed by atoms with van der Waals surface area (Å²) in [5.41, 5.74) is 2.45. The molecule has 2 atom stereocenters. The number of carbonyl (C=O) groups excluding carboxylic acids is 1. The zero-order chi connectivity index (χ0) is 19.1. The molecule has 2 aliphatic rings. The molecule has 0 amide bonds. The van der Waals surface area contributed by atoms with Crippen molar-refractivity contribution in [2.45, 2.75) is 31.3 Å². The minimum Gasteiger partial charge on any atom is -0.315 e. The molecule has 0 aliphatic carbocycles. The van der Waals surface area contributed by atoms with E-state index in [9.17, 15) is 9.18 Å². The Hall–Kier alpha value is -2.57. The molecule has 5 rings (SSSR count). The molecule has 1 N–H and O–H groups in total. The van der Waals surface area contributed by atoms with Gasteiger partial charge in [0.15, 0.2) is 5.78 Å². The Labute approximate surface area is 163 Å². The summed E-state index contributed by atoms with van der Waals surface area (Å²) in [5.74, 6) is -0.0603. The molecule has 0 saturated carbocycles. The van der Waals surface area contributed by atoms with E-state index in [0.29, 0.717) is 6.04 Å². The van der Waals surface area contributed by atoms with Crippen LogP contribution in [0.2, 0.25) is 0 Å². The van der Waals surface area contributed by atoms with Crippen molar-refractivity contribution in [1.29, 1.82) is 0 Å². The van der Waals surface area contributed by atoms with Crippen LogP contribution in [0, 0.1) is 5.82 Å². The maximum atomic E-state index is 13.4. The van der Waals surface area contributed by atoms with Crippen LogP contribution < -0.4 is 5.32 Å². The van der Waals surface area contributed by atoms with Crippen LogP contribution >= 0.6 is 0 Å². The number of aromatic nitrogens is 2. The average Bonchev–Trinajstić information content (AvgIpc) is 3.46. The number of nitrogens with one attached hydrogen (secondary N) is 1. The van der Waals surface area contributed by atoms with Crippen molar-refractivity contribution in [2.24, 2.45) is 0 Å². The molecule has 0 radical (unpaired) electrons. The predicted molar refractivity (Wildman–Crippen MR) is 106 cm³/mol. The second-order valence-corrected chi connectivity index (χ2v) is 7.71. The van der Waals surface area contributed by atoms with Gasteiger partial charge in [0.25, 0.3) is 0 Å². The van der Waals surface area contributed by atoms with Crippen molar-refractivity contribution < 1.29 is 9.18 Å². The van der Waals surface area contributed by atoms with Crippen LogP contribution in [0.25, 0.3) is 16.6 Å². The van der Waals surface area contributed by atoms with Gasteiger partial charge in [0.05, 0.1) is 23.4 Å². The Bertz CT molecular complexity index is 1010. The number of benzene rings is 2. The van der Waals surface area contributed by atoms with Gasteiger partial charge in [-0.25, -0.2) is 9.07 Å². The Morgan fingerprint density at radius 3 is 2.79 bits per heavy atom. The summed E-state index contributed by atoms with van der Waals surface area (Å²) >= 11 is 0. The minimum atomic E-state index is -0.272. The summed E-state index contributed by atoms with van der Waals surface area (Å²) in [6.45, 7) is 3.03. The molecule has 6 heteroatoms. The zero-order valence-corrected chi connectivity index (χ0v) is 15.6. The van der Waals surface area contributed by atoms with E-state index in [1.807, 2.05) is 24.3 Å². The highest BCUT2D eigenvalue weighted by molar-refractivity contribution is 6.00. The van der Waals surface area contributed by atoms with Crippen LogP contribution in [0.3, 0.4) is 0 Å². The van der Waals surface area contributed by atoms with Gasteiger partial charge in [-0.2, -0.15) is 5.10 Å². The number of halogens is 1. The van der Waals surface area contributed by atoms with Crippen molar-refractivity contribution >= 4 is 16.7 Å². The molecule has 0 spiro atoms. The Morgan fingerprint density at radius 2 is 2.00 bits per heavy atom. The minimum absolute atomic E-state index is 0.00995. The van der Waals surface area contributed by atoms with Gasteiger partial charge in [-0.05, 0) is 74.8 Å². The largest absolute Gasteiger partial charge is 0.315 e. The number of hydrogen-bond acceptors (Lipinski definition) is 4. The Balaban J connectivity index is 1.39. The first-order valence-corrected chi connectivity index (χ1v) is 9.95. The lowest BCUT2D eigenvalue weighted by atomic mass is 10.0. The molecule has 3 heterocycles. The van der Waals surface area contributed by atoms with Crippen LogP contribution in [0.1, 0.15) is 29.6 Å². The monoisotopic (exact) mass is 378 g/mol. The molecule has 2 unspecified atom stereocenters. The second kappa shape index (κ2) is 7.11. The smallest absolute Gasteiger partial charge is 0.179 e. The molecule has 144 valence electrons. The maximum Gasteiger partial charge on any atom is 0.179 e. The third kappa shape index (κ3) is 3.02. The lowest BCUT2D eigenvalue weighted by Crippen LogP contribution is -2.44. The van der Waals surface area contributed by atoms with Gasteiger partial charge in [0.2, 0.25) is 0 Å². The Kier molecular flexibility index (Phi) is 4.45. The topological polar surface area (TPSA) is 50.2 Å². The third-order valence-corrected chi connectivity index (χ3v) is 6.03. The molecule has 28 heavy (non-hydrogen) atoms. The number of hydrogen-bond donors (Lipinski definition) is 1. The summed E-state index contributed by atoms with van der Waals surface area (Å²) in [4.78, 5) is 15.5. The second-order valence-electron chi connectivity index (χ2n) is 7.71. The standard InChI is InChI=1S/C22H23FN4O/c23-17-5-8-20-16(12-17)13-25-27(20)18-6-3-15(4-7-18)22(28)21-2-1-11-26(21)19-9-10-24-14-19/h3-8,12-13,19,21,24H,1-2,9-11,14H2. The molecule has 3 aromatic rings. The average molecular weight is 378 g/mol. The van der Waals surface area contributed by atoms with E-state index in [1.54, 1.807) is 16.9 Å². The summed E-state index contributed by atoms with van der Waals surface area (Å²) in [7, 11) is 0. The van der Waals surface area contributed by atoms with Crippen LogP contribution in [0.15, 0.2) is 48.7 Å². The van der Waals surface area contributed by atoms with E-state index in [1.165, 1.54) is 12.1 Å². The van der Waals surface area contributed by atoms with Gasteiger partial charge in [0.1, 0.15) is 5.82 Å². The first-order chi connectivity index (χ1) is 13.7. The highest BCUT2D eigenvalue weighted by Crippen LogP contribution is 2.26. The van der Waals surface area contributed by atoms with E-state index >= 15 is 0 Å². The van der Waals surface area contributed by atoms with Crippen LogP contribution in [-0.2, 0) is 0 Å². The van der Waals surface area contributed by atoms with E-state index in [4.69, 9.17) is 0 Å². The zero-order valence-electron chi connectivity index (χ0n) is 15.6. The number of Topliss-reactive ketones (excluding diaryl/α,β-unsaturated/α-hetero) is 1. The van der Waals surface area contributed by atoms with Crippen molar-refractivity contribution in [3.8, 4) is 5.69 Å². The van der Waals surface area contributed by atoms with Crippen molar-refractivity contribution in [1.82, 2.24) is 20.0 Å². The molecular formula is C22H23FN4O. The van der Waals surface area contributed by atoms with Gasteiger partial charge >= 0.3 is 0 Å². The first kappa shape index (κ1) is 17.5. The summed E-state index contributed by atoms with van der Waals surface area (Å²) in [6.07, 6.45) is 4.80. The van der Waals surface area contributed by atoms with Crippen molar-refractivity contribution in [2.75, 3.05) is 19.6 Å². The SMILES string of the molecule is O=C(c1ccc(-n2ncc3cc(F)ccc32)cc1)C1CCCN1C1CCNC1. The molecular weight excluding hydrogens is 355 g/mol. The highest BCUT2D eigenvalue weighted by Gasteiger charge is 2.36. The van der Waals surface area contributed by atoms with Crippen molar-refractivity contribution in [3.63, 3.8) is 0 Å².